The van der Waals surface area contributed by atoms with Crippen LogP contribution in [0.4, 0.5) is 13.2 Å². The van der Waals surface area contributed by atoms with Gasteiger partial charge in [0.15, 0.2) is 0 Å². The van der Waals surface area contributed by atoms with Gasteiger partial charge < -0.3 is 10.1 Å². The van der Waals surface area contributed by atoms with Crippen molar-refractivity contribution < 1.29 is 17.9 Å². The zero-order chi connectivity index (χ0) is 14.3. The van der Waals surface area contributed by atoms with Gasteiger partial charge in [-0.05, 0) is 32.0 Å². The summed E-state index contributed by atoms with van der Waals surface area (Å²) in [6.45, 7) is 5.23. The van der Waals surface area contributed by atoms with Crippen molar-refractivity contribution in [3.8, 4) is 5.75 Å². The summed E-state index contributed by atoms with van der Waals surface area (Å²) in [5, 5.41) is 3.16. The number of nitrogens with one attached hydrogen (secondary N) is 1. The smallest absolute Gasteiger partial charge is 0.419 e. The Kier molecular flexibility index (Phi) is 6.15. The lowest BCUT2D eigenvalue weighted by atomic mass is 10.2. The molecular formula is C14H20F3NO. The Balaban J connectivity index is 2.57. The average molecular weight is 275 g/mol. The van der Waals surface area contributed by atoms with E-state index in [1.54, 1.807) is 13.0 Å². The van der Waals surface area contributed by atoms with Crippen LogP contribution >= 0.6 is 0 Å². The van der Waals surface area contributed by atoms with E-state index in [9.17, 15) is 13.2 Å². The van der Waals surface area contributed by atoms with E-state index in [4.69, 9.17) is 4.74 Å². The van der Waals surface area contributed by atoms with Gasteiger partial charge in [-0.3, -0.25) is 0 Å². The second-order valence-electron chi connectivity index (χ2n) is 4.48. The van der Waals surface area contributed by atoms with Gasteiger partial charge >= 0.3 is 6.18 Å². The molecule has 0 saturated carbocycles. The molecule has 1 unspecified atom stereocenters. The van der Waals surface area contributed by atoms with Crippen LogP contribution in [0.3, 0.4) is 0 Å². The fraction of sp³-hybridized carbons (Fsp3) is 0.571. The van der Waals surface area contributed by atoms with Gasteiger partial charge in [-0.1, -0.05) is 25.5 Å². The third kappa shape index (κ3) is 5.51. The van der Waals surface area contributed by atoms with E-state index in [-0.39, 0.29) is 11.9 Å². The SMILES string of the molecule is CCCCNCC(C)Oc1ccccc1C(F)(F)F. The number of unbranched alkanes of at least 4 members (excludes halogenated alkanes) is 1. The van der Waals surface area contributed by atoms with Crippen LogP contribution in [0.25, 0.3) is 0 Å². The van der Waals surface area contributed by atoms with Crippen LogP contribution in [-0.4, -0.2) is 19.2 Å². The molecule has 2 nitrogen and oxygen atoms in total. The largest absolute Gasteiger partial charge is 0.489 e. The van der Waals surface area contributed by atoms with Crippen LogP contribution < -0.4 is 10.1 Å². The Morgan fingerprint density at radius 3 is 2.58 bits per heavy atom. The quantitative estimate of drug-likeness (QED) is 0.763. The van der Waals surface area contributed by atoms with Gasteiger partial charge in [0.25, 0.3) is 0 Å². The highest BCUT2D eigenvalue weighted by Gasteiger charge is 2.34. The van der Waals surface area contributed by atoms with E-state index in [1.165, 1.54) is 12.1 Å². The molecule has 5 heteroatoms. The number of hydrogen-bond acceptors (Lipinski definition) is 2. The summed E-state index contributed by atoms with van der Waals surface area (Å²) in [4.78, 5) is 0. The molecule has 0 aromatic heterocycles. The molecule has 0 bridgehead atoms. The minimum absolute atomic E-state index is 0.111. The summed E-state index contributed by atoms with van der Waals surface area (Å²) < 4.78 is 43.6. The number of para-hydroxylation sites is 1. The van der Waals surface area contributed by atoms with Crippen molar-refractivity contribution >= 4 is 0 Å². The number of halogens is 3. The highest BCUT2D eigenvalue weighted by molar-refractivity contribution is 5.35. The number of ether oxygens (including phenoxy) is 1. The van der Waals surface area contributed by atoms with Crippen molar-refractivity contribution in [2.24, 2.45) is 0 Å². The van der Waals surface area contributed by atoms with Crippen molar-refractivity contribution in [1.29, 1.82) is 0 Å². The Morgan fingerprint density at radius 1 is 1.26 bits per heavy atom. The normalized spacial score (nSPS) is 13.3. The first-order valence-electron chi connectivity index (χ1n) is 6.48. The lowest BCUT2D eigenvalue weighted by Crippen LogP contribution is -2.30. The van der Waals surface area contributed by atoms with Crippen molar-refractivity contribution in [2.45, 2.75) is 39.0 Å². The third-order valence-corrected chi connectivity index (χ3v) is 2.66. The molecule has 0 spiro atoms. The van der Waals surface area contributed by atoms with E-state index in [2.05, 4.69) is 12.2 Å². The maximum atomic E-state index is 12.8. The molecule has 1 aromatic carbocycles. The summed E-state index contributed by atoms with van der Waals surface area (Å²) in [5.74, 6) is -0.111. The first kappa shape index (κ1) is 15.8. The summed E-state index contributed by atoms with van der Waals surface area (Å²) in [6, 6.07) is 5.29. The zero-order valence-corrected chi connectivity index (χ0v) is 11.3. The molecule has 1 N–H and O–H groups in total. The molecule has 0 fully saturated rings. The lowest BCUT2D eigenvalue weighted by Gasteiger charge is -2.19. The fourth-order valence-corrected chi connectivity index (χ4v) is 1.67. The predicted octanol–water partition coefficient (Wildman–Crippen LogP) is 3.86. The average Bonchev–Trinajstić information content (AvgIpc) is 2.34. The molecule has 1 rings (SSSR count). The van der Waals surface area contributed by atoms with E-state index < -0.39 is 11.7 Å². The molecule has 0 radical (unpaired) electrons. The summed E-state index contributed by atoms with van der Waals surface area (Å²) in [5.41, 5.74) is -0.726. The highest BCUT2D eigenvalue weighted by atomic mass is 19.4. The molecule has 0 aliphatic rings. The van der Waals surface area contributed by atoms with Crippen LogP contribution in [-0.2, 0) is 6.18 Å². The van der Waals surface area contributed by atoms with Crippen molar-refractivity contribution in [2.75, 3.05) is 13.1 Å². The van der Waals surface area contributed by atoms with Crippen LogP contribution in [0.2, 0.25) is 0 Å². The second kappa shape index (κ2) is 7.38. The maximum absolute atomic E-state index is 12.8. The van der Waals surface area contributed by atoms with Gasteiger partial charge in [-0.2, -0.15) is 13.2 Å². The number of rotatable bonds is 7. The number of hydrogen-bond donors (Lipinski definition) is 1. The van der Waals surface area contributed by atoms with Crippen LogP contribution in [0.15, 0.2) is 24.3 Å². The van der Waals surface area contributed by atoms with Gasteiger partial charge in [0.1, 0.15) is 11.9 Å². The van der Waals surface area contributed by atoms with Crippen LogP contribution in [0.5, 0.6) is 5.75 Å². The molecule has 0 aliphatic heterocycles. The van der Waals surface area contributed by atoms with E-state index in [0.29, 0.717) is 6.54 Å². The molecule has 0 amide bonds. The fourth-order valence-electron chi connectivity index (χ4n) is 1.67. The van der Waals surface area contributed by atoms with Crippen molar-refractivity contribution in [3.05, 3.63) is 29.8 Å². The molecule has 1 aromatic rings. The van der Waals surface area contributed by atoms with Gasteiger partial charge in [-0.15, -0.1) is 0 Å². The maximum Gasteiger partial charge on any atom is 0.419 e. The second-order valence-corrected chi connectivity index (χ2v) is 4.48. The minimum Gasteiger partial charge on any atom is -0.489 e. The third-order valence-electron chi connectivity index (χ3n) is 2.66. The standard InChI is InChI=1S/C14H20F3NO/c1-3-4-9-18-10-11(2)19-13-8-6-5-7-12(13)14(15,16)17/h5-8,11,18H,3-4,9-10H2,1-2H3. The first-order chi connectivity index (χ1) is 8.95. The zero-order valence-electron chi connectivity index (χ0n) is 11.3. The Hall–Kier alpha value is -1.23. The first-order valence-corrected chi connectivity index (χ1v) is 6.48. The minimum atomic E-state index is -4.38. The summed E-state index contributed by atoms with van der Waals surface area (Å²) >= 11 is 0. The monoisotopic (exact) mass is 275 g/mol. The highest BCUT2D eigenvalue weighted by Crippen LogP contribution is 2.36. The molecular weight excluding hydrogens is 255 g/mol. The lowest BCUT2D eigenvalue weighted by molar-refractivity contribution is -0.139. The molecule has 1 atom stereocenters. The molecule has 0 saturated heterocycles. The molecule has 19 heavy (non-hydrogen) atoms. The van der Waals surface area contributed by atoms with Crippen LogP contribution in [0, 0.1) is 0 Å². The van der Waals surface area contributed by atoms with Gasteiger partial charge in [0.2, 0.25) is 0 Å². The van der Waals surface area contributed by atoms with Crippen LogP contribution in [0.1, 0.15) is 32.3 Å². The van der Waals surface area contributed by atoms with Gasteiger partial charge in [0.05, 0.1) is 5.56 Å². The van der Waals surface area contributed by atoms with Gasteiger partial charge in [-0.25, -0.2) is 0 Å². The van der Waals surface area contributed by atoms with E-state index >= 15 is 0 Å². The van der Waals surface area contributed by atoms with Crippen molar-refractivity contribution in [1.82, 2.24) is 5.32 Å². The Morgan fingerprint density at radius 2 is 1.95 bits per heavy atom. The Labute approximate surface area is 112 Å². The molecule has 108 valence electrons. The van der Waals surface area contributed by atoms with E-state index in [0.717, 1.165) is 25.5 Å². The van der Waals surface area contributed by atoms with E-state index in [1.807, 2.05) is 0 Å². The summed E-state index contributed by atoms with van der Waals surface area (Å²) in [7, 11) is 0. The molecule has 0 heterocycles. The van der Waals surface area contributed by atoms with Gasteiger partial charge in [0, 0.05) is 6.54 Å². The number of benzene rings is 1. The molecule has 0 aliphatic carbocycles. The summed E-state index contributed by atoms with van der Waals surface area (Å²) in [6.07, 6.45) is -2.56. The van der Waals surface area contributed by atoms with Crippen molar-refractivity contribution in [3.63, 3.8) is 0 Å². The predicted molar refractivity (Wildman–Crippen MR) is 69.3 cm³/mol. The Bertz CT molecular complexity index is 379. The topological polar surface area (TPSA) is 21.3 Å². The number of alkyl halides is 3.